The molecule has 0 amide bonds. The van der Waals surface area contributed by atoms with E-state index in [0.29, 0.717) is 18.4 Å². The van der Waals surface area contributed by atoms with Gasteiger partial charge < -0.3 is 14.6 Å². The molecule has 0 bridgehead atoms. The summed E-state index contributed by atoms with van der Waals surface area (Å²) < 4.78 is 10.9. The molecule has 0 radical (unpaired) electrons. The average Bonchev–Trinajstić information content (AvgIpc) is 3.12. The van der Waals surface area contributed by atoms with Crippen LogP contribution in [-0.2, 0) is 11.3 Å². The molecule has 1 aromatic rings. The van der Waals surface area contributed by atoms with Crippen LogP contribution in [0.1, 0.15) is 30.5 Å². The maximum Gasteiger partial charge on any atom is 0.240 e. The van der Waals surface area contributed by atoms with Gasteiger partial charge in [-0.05, 0) is 19.9 Å². The van der Waals surface area contributed by atoms with Crippen LogP contribution in [0.15, 0.2) is 4.52 Å². The first-order valence-electron chi connectivity index (χ1n) is 6.64. The predicted octanol–water partition coefficient (Wildman–Crippen LogP) is 0.367. The van der Waals surface area contributed by atoms with E-state index in [-0.39, 0.29) is 6.10 Å². The van der Waals surface area contributed by atoms with Gasteiger partial charge in [0.1, 0.15) is 0 Å². The first-order chi connectivity index (χ1) is 8.81. The lowest BCUT2D eigenvalue weighted by molar-refractivity contribution is 0.00748. The second-order valence-corrected chi connectivity index (χ2v) is 5.21. The Labute approximate surface area is 107 Å². The normalized spacial score (nSPS) is 24.7. The molecule has 18 heavy (non-hydrogen) atoms. The van der Waals surface area contributed by atoms with Crippen molar-refractivity contribution >= 4 is 0 Å². The van der Waals surface area contributed by atoms with Crippen LogP contribution in [0.5, 0.6) is 0 Å². The number of nitrogens with one attached hydrogen (secondary N) is 1. The van der Waals surface area contributed by atoms with Gasteiger partial charge in [0.15, 0.2) is 5.82 Å². The highest BCUT2D eigenvalue weighted by atomic mass is 16.5. The first kappa shape index (κ1) is 12.1. The summed E-state index contributed by atoms with van der Waals surface area (Å²) in [5.74, 6) is 2.15. The summed E-state index contributed by atoms with van der Waals surface area (Å²) in [4.78, 5) is 6.60. The summed E-state index contributed by atoms with van der Waals surface area (Å²) >= 11 is 0. The van der Waals surface area contributed by atoms with Crippen molar-refractivity contribution in [2.24, 2.45) is 0 Å². The predicted molar refractivity (Wildman–Crippen MR) is 65.2 cm³/mol. The van der Waals surface area contributed by atoms with E-state index in [1.54, 1.807) is 0 Å². The molecule has 0 spiro atoms. The molecule has 6 nitrogen and oxygen atoms in total. The smallest absolute Gasteiger partial charge is 0.240 e. The summed E-state index contributed by atoms with van der Waals surface area (Å²) in [6.07, 6.45) is 2.67. The van der Waals surface area contributed by atoms with Gasteiger partial charge in [0.25, 0.3) is 0 Å². The Bertz CT molecular complexity index is 385. The summed E-state index contributed by atoms with van der Waals surface area (Å²) in [7, 11) is 2.05. The fraction of sp³-hybridized carbons (Fsp3) is 0.833. The van der Waals surface area contributed by atoms with Gasteiger partial charge in [-0.1, -0.05) is 5.16 Å². The second kappa shape index (κ2) is 5.34. The van der Waals surface area contributed by atoms with Crippen LogP contribution in [0.25, 0.3) is 0 Å². The number of hydrogen-bond acceptors (Lipinski definition) is 6. The highest BCUT2D eigenvalue weighted by Gasteiger charge is 2.29. The Morgan fingerprint density at radius 3 is 3.06 bits per heavy atom. The standard InChI is InChI=1S/C12H20N4O2/c1-16(7-10-6-13-4-5-17-10)8-11-14-12(15-18-11)9-2-3-9/h9-10,13H,2-8H2,1H3. The van der Waals surface area contributed by atoms with E-state index in [0.717, 1.165) is 32.1 Å². The molecule has 1 saturated carbocycles. The zero-order valence-corrected chi connectivity index (χ0v) is 10.8. The lowest BCUT2D eigenvalue weighted by Crippen LogP contribution is -2.44. The van der Waals surface area contributed by atoms with Crippen molar-refractivity contribution in [2.75, 3.05) is 33.3 Å². The molecule has 100 valence electrons. The van der Waals surface area contributed by atoms with Crippen molar-refractivity contribution in [3.05, 3.63) is 11.7 Å². The lowest BCUT2D eigenvalue weighted by Gasteiger charge is -2.27. The molecule has 1 N–H and O–H groups in total. The molecule has 2 fully saturated rings. The van der Waals surface area contributed by atoms with E-state index in [9.17, 15) is 0 Å². The second-order valence-electron chi connectivity index (χ2n) is 5.21. The van der Waals surface area contributed by atoms with E-state index >= 15 is 0 Å². The third kappa shape index (κ3) is 3.07. The van der Waals surface area contributed by atoms with Crippen LogP contribution in [0, 0.1) is 0 Å². The maximum atomic E-state index is 5.67. The molecular weight excluding hydrogens is 232 g/mol. The molecule has 6 heteroatoms. The molecule has 1 aliphatic carbocycles. The number of ether oxygens (including phenoxy) is 1. The van der Waals surface area contributed by atoms with E-state index < -0.39 is 0 Å². The third-order valence-corrected chi connectivity index (χ3v) is 3.35. The van der Waals surface area contributed by atoms with Crippen LogP contribution >= 0.6 is 0 Å². The molecule has 1 unspecified atom stereocenters. The third-order valence-electron chi connectivity index (χ3n) is 3.35. The van der Waals surface area contributed by atoms with Crippen LogP contribution < -0.4 is 5.32 Å². The number of likely N-dealkylation sites (N-methyl/N-ethyl adjacent to an activating group) is 1. The van der Waals surface area contributed by atoms with E-state index in [4.69, 9.17) is 9.26 Å². The van der Waals surface area contributed by atoms with Crippen molar-refractivity contribution in [3.8, 4) is 0 Å². The number of aromatic nitrogens is 2. The molecule has 1 aliphatic heterocycles. The zero-order chi connectivity index (χ0) is 12.4. The van der Waals surface area contributed by atoms with E-state index in [2.05, 4.69) is 27.4 Å². The van der Waals surface area contributed by atoms with Crippen molar-refractivity contribution in [1.82, 2.24) is 20.4 Å². The van der Waals surface area contributed by atoms with Gasteiger partial charge >= 0.3 is 0 Å². The molecular formula is C12H20N4O2. The maximum absolute atomic E-state index is 5.67. The Balaban J connectivity index is 1.48. The Morgan fingerprint density at radius 1 is 1.44 bits per heavy atom. The molecule has 1 atom stereocenters. The largest absolute Gasteiger partial charge is 0.374 e. The topological polar surface area (TPSA) is 63.4 Å². The van der Waals surface area contributed by atoms with Gasteiger partial charge in [-0.2, -0.15) is 4.98 Å². The average molecular weight is 252 g/mol. The van der Waals surface area contributed by atoms with Crippen molar-refractivity contribution < 1.29 is 9.26 Å². The van der Waals surface area contributed by atoms with Gasteiger partial charge in [0, 0.05) is 25.6 Å². The Hall–Kier alpha value is -0.980. The van der Waals surface area contributed by atoms with Crippen molar-refractivity contribution in [3.63, 3.8) is 0 Å². The zero-order valence-electron chi connectivity index (χ0n) is 10.8. The lowest BCUT2D eigenvalue weighted by atomic mass is 10.3. The van der Waals surface area contributed by atoms with E-state index in [1.807, 2.05) is 0 Å². The first-order valence-corrected chi connectivity index (χ1v) is 6.64. The van der Waals surface area contributed by atoms with Crippen molar-refractivity contribution in [2.45, 2.75) is 31.4 Å². The minimum atomic E-state index is 0.259. The highest BCUT2D eigenvalue weighted by Crippen LogP contribution is 2.38. The number of hydrogen-bond donors (Lipinski definition) is 1. The molecule has 2 heterocycles. The van der Waals surface area contributed by atoms with Crippen LogP contribution in [-0.4, -0.2) is 54.4 Å². The Kier molecular flexibility index (Phi) is 3.58. The summed E-state index contributed by atoms with van der Waals surface area (Å²) in [6, 6.07) is 0. The minimum Gasteiger partial charge on any atom is -0.374 e. The molecule has 2 aliphatic rings. The van der Waals surface area contributed by atoms with Crippen LogP contribution in [0.4, 0.5) is 0 Å². The van der Waals surface area contributed by atoms with Gasteiger partial charge in [0.2, 0.25) is 5.89 Å². The number of morpholine rings is 1. The minimum absolute atomic E-state index is 0.259. The monoisotopic (exact) mass is 252 g/mol. The Morgan fingerprint density at radius 2 is 2.33 bits per heavy atom. The fourth-order valence-electron chi connectivity index (χ4n) is 2.22. The number of rotatable bonds is 5. The number of nitrogens with zero attached hydrogens (tertiary/aromatic N) is 3. The van der Waals surface area contributed by atoms with Gasteiger partial charge in [0.05, 0.1) is 19.3 Å². The van der Waals surface area contributed by atoms with Gasteiger partial charge in [-0.15, -0.1) is 0 Å². The fourth-order valence-corrected chi connectivity index (χ4v) is 2.22. The molecule has 0 aromatic carbocycles. The van der Waals surface area contributed by atoms with Gasteiger partial charge in [-0.3, -0.25) is 4.90 Å². The molecule has 1 saturated heterocycles. The van der Waals surface area contributed by atoms with Crippen molar-refractivity contribution in [1.29, 1.82) is 0 Å². The van der Waals surface area contributed by atoms with E-state index in [1.165, 1.54) is 12.8 Å². The molecule has 1 aromatic heterocycles. The molecule has 3 rings (SSSR count). The van der Waals surface area contributed by atoms with Crippen LogP contribution in [0.2, 0.25) is 0 Å². The summed E-state index contributed by atoms with van der Waals surface area (Å²) in [6.45, 7) is 4.24. The van der Waals surface area contributed by atoms with Crippen LogP contribution in [0.3, 0.4) is 0 Å². The quantitative estimate of drug-likeness (QED) is 0.816. The highest BCUT2D eigenvalue weighted by molar-refractivity contribution is 5.03. The summed E-state index contributed by atoms with van der Waals surface area (Å²) in [5, 5.41) is 7.35. The summed E-state index contributed by atoms with van der Waals surface area (Å²) in [5.41, 5.74) is 0. The van der Waals surface area contributed by atoms with Gasteiger partial charge in [-0.25, -0.2) is 0 Å². The SMILES string of the molecule is CN(Cc1nc(C2CC2)no1)CC1CNCCO1.